The quantitative estimate of drug-likeness (QED) is 0.454. The van der Waals surface area contributed by atoms with Crippen LogP contribution >= 0.6 is 0 Å². The average Bonchev–Trinajstić information content (AvgIpc) is 3.08. The number of ketones is 1. The maximum Gasteiger partial charge on any atom is 0.306 e. The number of carbonyl (C=O) groups is 3. The number of allylic oxidation sites excluding steroid dienone is 2. The van der Waals surface area contributed by atoms with E-state index in [9.17, 15) is 14.4 Å². The smallest absolute Gasteiger partial charge is 0.306 e. The monoisotopic (exact) mass is 430 g/mol. The van der Waals surface area contributed by atoms with Gasteiger partial charge in [-0.15, -0.1) is 0 Å². The molecule has 3 rings (SSSR count). The molecule has 0 aromatic carbocycles. The predicted octanol–water partition coefficient (Wildman–Crippen LogP) is 5.18. The molecule has 0 aromatic rings. The van der Waals surface area contributed by atoms with Gasteiger partial charge in [-0.25, -0.2) is 0 Å². The van der Waals surface area contributed by atoms with Crippen LogP contribution in [0.15, 0.2) is 23.3 Å². The van der Waals surface area contributed by atoms with E-state index in [2.05, 4.69) is 32.9 Å². The third kappa shape index (κ3) is 4.38. The fourth-order valence-electron chi connectivity index (χ4n) is 5.96. The number of Topliss-reactive ketones (excluding diaryl/α,β-unsaturated/α-hetero) is 1. The van der Waals surface area contributed by atoms with Gasteiger partial charge in [-0.05, 0) is 61.9 Å². The number of rotatable bonds is 4. The molecule has 2 saturated carbocycles. The highest BCUT2D eigenvalue weighted by atomic mass is 16.6. The molecule has 0 N–H and O–H groups in total. The zero-order valence-corrected chi connectivity index (χ0v) is 20.1. The highest BCUT2D eigenvalue weighted by molar-refractivity contribution is 6.03. The number of carbonyl (C=O) groups excluding carboxylic acids is 3. The first-order chi connectivity index (χ1) is 14.4. The topological polar surface area (TPSA) is 69.7 Å². The molecular formula is C26H38O5. The van der Waals surface area contributed by atoms with Crippen LogP contribution in [0.4, 0.5) is 0 Å². The van der Waals surface area contributed by atoms with E-state index in [1.165, 1.54) is 6.92 Å². The molecule has 0 spiro atoms. The Morgan fingerprint density at radius 1 is 1.16 bits per heavy atom. The molecule has 0 radical (unpaired) electrons. The molecule has 31 heavy (non-hydrogen) atoms. The number of ether oxygens (including phenoxy) is 2. The first-order valence-electron chi connectivity index (χ1n) is 11.7. The lowest BCUT2D eigenvalue weighted by Gasteiger charge is -2.34. The summed E-state index contributed by atoms with van der Waals surface area (Å²) in [5.41, 5.74) is 0.646. The molecule has 0 aliphatic heterocycles. The largest absolute Gasteiger partial charge is 0.461 e. The molecule has 0 unspecified atom stereocenters. The van der Waals surface area contributed by atoms with Gasteiger partial charge in [-0.3, -0.25) is 14.4 Å². The Balaban J connectivity index is 2.09. The number of fused-ring (bicyclic) bond motifs is 2. The Kier molecular flexibility index (Phi) is 6.55. The highest BCUT2D eigenvalue weighted by Gasteiger charge is 2.61. The lowest BCUT2D eigenvalue weighted by Crippen LogP contribution is -2.48. The molecule has 5 nitrogen and oxygen atoms in total. The van der Waals surface area contributed by atoms with Gasteiger partial charge in [-0.2, -0.15) is 0 Å². The standard InChI is InChI=1S/C26H38O5/c1-8-9-22(28)30-23-17(4)14-26(31-18(5)27)21(23)12-15(2)10-11-19-20(25(19,6)7)13-16(3)24(26)29/h12-13,17,19-21,23H,8-11,14H2,1-7H3/b15-12+,16-13+/t17-,19-,20+,21-,23-,26+/m0/s1. The van der Waals surface area contributed by atoms with Crippen LogP contribution < -0.4 is 0 Å². The summed E-state index contributed by atoms with van der Waals surface area (Å²) in [6.45, 7) is 13.7. The molecule has 0 saturated heterocycles. The van der Waals surface area contributed by atoms with Crippen molar-refractivity contribution in [3.05, 3.63) is 23.3 Å². The SMILES string of the molecule is CCCC(=O)O[C@H]1[C@@H](C)C[C@]2(OC(C)=O)C(=O)/C(C)=C/[C@@H]3[C@H](CC/C(C)=C/[C@@H]12)C3(C)C. The molecule has 5 heteroatoms. The second-order valence-corrected chi connectivity index (χ2v) is 10.6. The zero-order valence-electron chi connectivity index (χ0n) is 20.1. The number of hydrogen-bond donors (Lipinski definition) is 0. The first-order valence-corrected chi connectivity index (χ1v) is 11.7. The molecule has 2 fully saturated rings. The van der Waals surface area contributed by atoms with Crippen molar-refractivity contribution in [2.45, 2.75) is 92.3 Å². The highest BCUT2D eigenvalue weighted by Crippen LogP contribution is 2.62. The van der Waals surface area contributed by atoms with Gasteiger partial charge in [0, 0.05) is 19.8 Å². The summed E-state index contributed by atoms with van der Waals surface area (Å²) in [4.78, 5) is 38.5. The van der Waals surface area contributed by atoms with E-state index in [0.29, 0.717) is 36.7 Å². The molecule has 0 aromatic heterocycles. The molecule has 0 heterocycles. The van der Waals surface area contributed by atoms with E-state index in [-0.39, 0.29) is 23.1 Å². The molecule has 3 aliphatic carbocycles. The van der Waals surface area contributed by atoms with Crippen LogP contribution in [-0.2, 0) is 23.9 Å². The van der Waals surface area contributed by atoms with E-state index in [1.54, 1.807) is 0 Å². The van der Waals surface area contributed by atoms with Crippen molar-refractivity contribution in [3.8, 4) is 0 Å². The van der Waals surface area contributed by atoms with Crippen molar-refractivity contribution < 1.29 is 23.9 Å². The van der Waals surface area contributed by atoms with Crippen molar-refractivity contribution in [1.82, 2.24) is 0 Å². The van der Waals surface area contributed by atoms with Crippen LogP contribution in [0.3, 0.4) is 0 Å². The fraction of sp³-hybridized carbons (Fsp3) is 0.731. The normalized spacial score (nSPS) is 40.2. The Bertz CT molecular complexity index is 820. The number of hydrogen-bond acceptors (Lipinski definition) is 5. The summed E-state index contributed by atoms with van der Waals surface area (Å²) in [5, 5.41) is 0. The fourth-order valence-corrected chi connectivity index (χ4v) is 5.96. The maximum absolute atomic E-state index is 13.9. The lowest BCUT2D eigenvalue weighted by molar-refractivity contribution is -0.170. The summed E-state index contributed by atoms with van der Waals surface area (Å²) in [7, 11) is 0. The van der Waals surface area contributed by atoms with Crippen LogP contribution in [0.1, 0.15) is 80.6 Å². The van der Waals surface area contributed by atoms with E-state index in [0.717, 1.165) is 18.4 Å². The van der Waals surface area contributed by atoms with Crippen molar-refractivity contribution in [2.75, 3.05) is 0 Å². The van der Waals surface area contributed by atoms with Crippen LogP contribution in [0, 0.1) is 29.1 Å². The van der Waals surface area contributed by atoms with E-state index in [4.69, 9.17) is 9.47 Å². The van der Waals surface area contributed by atoms with Crippen molar-refractivity contribution >= 4 is 17.7 Å². The summed E-state index contributed by atoms with van der Waals surface area (Å²) < 4.78 is 11.8. The zero-order chi connectivity index (χ0) is 23.1. The Morgan fingerprint density at radius 2 is 1.84 bits per heavy atom. The molecule has 6 atom stereocenters. The van der Waals surface area contributed by atoms with Gasteiger partial charge in [0.25, 0.3) is 0 Å². The second-order valence-electron chi connectivity index (χ2n) is 10.6. The van der Waals surface area contributed by atoms with Gasteiger partial charge in [0.2, 0.25) is 5.78 Å². The third-order valence-corrected chi connectivity index (χ3v) is 7.75. The summed E-state index contributed by atoms with van der Waals surface area (Å²) >= 11 is 0. The van der Waals surface area contributed by atoms with Crippen molar-refractivity contribution in [2.24, 2.45) is 29.1 Å². The average molecular weight is 431 g/mol. The molecule has 3 aliphatic rings. The van der Waals surface area contributed by atoms with Gasteiger partial charge < -0.3 is 9.47 Å². The molecule has 0 amide bonds. The van der Waals surface area contributed by atoms with E-state index >= 15 is 0 Å². The minimum atomic E-state index is -1.33. The van der Waals surface area contributed by atoms with Gasteiger partial charge in [-0.1, -0.05) is 45.4 Å². The third-order valence-electron chi connectivity index (χ3n) is 7.75. The minimum Gasteiger partial charge on any atom is -0.461 e. The maximum atomic E-state index is 13.9. The van der Waals surface area contributed by atoms with Crippen LogP contribution in [-0.4, -0.2) is 29.4 Å². The lowest BCUT2D eigenvalue weighted by atomic mass is 9.81. The predicted molar refractivity (Wildman–Crippen MR) is 119 cm³/mol. The van der Waals surface area contributed by atoms with Crippen LogP contribution in [0.5, 0.6) is 0 Å². The summed E-state index contributed by atoms with van der Waals surface area (Å²) in [6, 6.07) is 0. The van der Waals surface area contributed by atoms with E-state index in [1.807, 2.05) is 20.8 Å². The molecule has 0 bridgehead atoms. The van der Waals surface area contributed by atoms with Crippen molar-refractivity contribution in [3.63, 3.8) is 0 Å². The van der Waals surface area contributed by atoms with E-state index < -0.39 is 23.6 Å². The number of esters is 2. The molecular weight excluding hydrogens is 392 g/mol. The van der Waals surface area contributed by atoms with Gasteiger partial charge in [0.1, 0.15) is 6.10 Å². The molecule has 172 valence electrons. The first kappa shape index (κ1) is 23.7. The van der Waals surface area contributed by atoms with Crippen molar-refractivity contribution in [1.29, 1.82) is 0 Å². The van der Waals surface area contributed by atoms with Gasteiger partial charge in [0.15, 0.2) is 5.60 Å². The second kappa shape index (κ2) is 8.55. The minimum absolute atomic E-state index is 0.0981. The van der Waals surface area contributed by atoms with Gasteiger partial charge >= 0.3 is 11.9 Å². The Labute approximate surface area is 186 Å². The van der Waals surface area contributed by atoms with Crippen LogP contribution in [0.25, 0.3) is 0 Å². The Morgan fingerprint density at radius 3 is 2.45 bits per heavy atom. The summed E-state index contributed by atoms with van der Waals surface area (Å²) in [5.74, 6) is -0.582. The van der Waals surface area contributed by atoms with Gasteiger partial charge in [0.05, 0.1) is 5.92 Å². The summed E-state index contributed by atoms with van der Waals surface area (Å²) in [6.07, 6.45) is 7.03. The Hall–Kier alpha value is -1.91. The van der Waals surface area contributed by atoms with Crippen LogP contribution in [0.2, 0.25) is 0 Å².